The van der Waals surface area contributed by atoms with Gasteiger partial charge in [0.25, 0.3) is 0 Å². The molecular formula is C27H30N4O4. The van der Waals surface area contributed by atoms with Gasteiger partial charge < -0.3 is 25.4 Å². The van der Waals surface area contributed by atoms with Crippen LogP contribution in [-0.4, -0.2) is 55.6 Å². The molecule has 182 valence electrons. The molecule has 4 rings (SSSR count). The highest BCUT2D eigenvalue weighted by molar-refractivity contribution is 5.96. The van der Waals surface area contributed by atoms with Crippen LogP contribution in [0.5, 0.6) is 11.5 Å². The van der Waals surface area contributed by atoms with Crippen molar-refractivity contribution in [2.45, 2.75) is 13.0 Å². The number of carbonyl (C=O) groups excluding carboxylic acids is 2. The first-order valence-corrected chi connectivity index (χ1v) is 11.7. The van der Waals surface area contributed by atoms with Gasteiger partial charge in [-0.1, -0.05) is 18.2 Å². The zero-order valence-corrected chi connectivity index (χ0v) is 19.7. The lowest BCUT2D eigenvalue weighted by molar-refractivity contribution is -0.118. The molecule has 0 unspecified atom stereocenters. The third-order valence-electron chi connectivity index (χ3n) is 5.52. The first-order chi connectivity index (χ1) is 17.0. The van der Waals surface area contributed by atoms with Crippen molar-refractivity contribution >= 4 is 28.9 Å². The molecular weight excluding hydrogens is 444 g/mol. The van der Waals surface area contributed by atoms with E-state index in [4.69, 9.17) is 9.47 Å². The van der Waals surface area contributed by atoms with Gasteiger partial charge in [-0.15, -0.1) is 0 Å². The third-order valence-corrected chi connectivity index (χ3v) is 5.52. The Kier molecular flexibility index (Phi) is 8.32. The SMILES string of the molecule is C[C@H](Nc1ccc(NC(=O)CN2CCOCC2)cc1)C(=O)Nc1ccc(Oc2ccccc2)cc1. The Morgan fingerprint density at radius 2 is 1.40 bits per heavy atom. The van der Waals surface area contributed by atoms with Crippen molar-refractivity contribution < 1.29 is 19.1 Å². The van der Waals surface area contributed by atoms with Crippen LogP contribution in [0, 0.1) is 0 Å². The summed E-state index contributed by atoms with van der Waals surface area (Å²) in [5.41, 5.74) is 2.18. The standard InChI is InChI=1S/C27H30N4O4/c1-20(27(33)30-23-11-13-25(14-12-23)35-24-5-3-2-4-6-24)28-21-7-9-22(10-8-21)29-26(32)19-31-15-17-34-18-16-31/h2-14,20,28H,15-19H2,1H3,(H,29,32)(H,30,33)/t20-/m0/s1. The zero-order valence-electron chi connectivity index (χ0n) is 19.7. The normalized spacial score (nSPS) is 14.5. The highest BCUT2D eigenvalue weighted by Crippen LogP contribution is 2.23. The van der Waals surface area contributed by atoms with Crippen molar-refractivity contribution in [3.8, 4) is 11.5 Å². The minimum Gasteiger partial charge on any atom is -0.457 e. The molecule has 8 nitrogen and oxygen atoms in total. The van der Waals surface area contributed by atoms with Gasteiger partial charge in [0.15, 0.2) is 0 Å². The summed E-state index contributed by atoms with van der Waals surface area (Å²) in [7, 11) is 0. The number of nitrogens with zero attached hydrogens (tertiary/aromatic N) is 1. The van der Waals surface area contributed by atoms with Gasteiger partial charge in [0, 0.05) is 30.2 Å². The van der Waals surface area contributed by atoms with Crippen LogP contribution in [0.3, 0.4) is 0 Å². The second-order valence-corrected chi connectivity index (χ2v) is 8.31. The largest absolute Gasteiger partial charge is 0.457 e. The Hall–Kier alpha value is -3.88. The zero-order chi connectivity index (χ0) is 24.5. The van der Waals surface area contributed by atoms with E-state index in [1.54, 1.807) is 19.1 Å². The number of hydrogen-bond acceptors (Lipinski definition) is 6. The van der Waals surface area contributed by atoms with Crippen LogP contribution in [0.25, 0.3) is 0 Å². The molecule has 0 saturated carbocycles. The summed E-state index contributed by atoms with van der Waals surface area (Å²) in [5, 5.41) is 8.99. The van der Waals surface area contributed by atoms with Crippen LogP contribution in [0.15, 0.2) is 78.9 Å². The number of amides is 2. The van der Waals surface area contributed by atoms with Crippen molar-refractivity contribution in [3.63, 3.8) is 0 Å². The molecule has 0 aromatic heterocycles. The van der Waals surface area contributed by atoms with Crippen LogP contribution in [0.4, 0.5) is 17.1 Å². The van der Waals surface area contributed by atoms with Gasteiger partial charge in [-0.2, -0.15) is 0 Å². The van der Waals surface area contributed by atoms with Crippen molar-refractivity contribution in [1.82, 2.24) is 4.90 Å². The van der Waals surface area contributed by atoms with Gasteiger partial charge in [-0.3, -0.25) is 14.5 Å². The van der Waals surface area contributed by atoms with Crippen molar-refractivity contribution in [3.05, 3.63) is 78.9 Å². The molecule has 1 aliphatic heterocycles. The number of morpholine rings is 1. The van der Waals surface area contributed by atoms with E-state index in [2.05, 4.69) is 20.9 Å². The van der Waals surface area contributed by atoms with Gasteiger partial charge >= 0.3 is 0 Å². The van der Waals surface area contributed by atoms with Crippen LogP contribution in [0.1, 0.15) is 6.92 Å². The first kappa shape index (κ1) is 24.3. The van der Waals surface area contributed by atoms with Crippen molar-refractivity contribution in [2.75, 3.05) is 48.8 Å². The molecule has 0 bridgehead atoms. The number of ether oxygens (including phenoxy) is 2. The van der Waals surface area contributed by atoms with Crippen molar-refractivity contribution in [1.29, 1.82) is 0 Å². The van der Waals surface area contributed by atoms with E-state index in [1.165, 1.54) is 0 Å². The number of para-hydroxylation sites is 1. The van der Waals surface area contributed by atoms with Gasteiger partial charge in [0.05, 0.1) is 19.8 Å². The summed E-state index contributed by atoms with van der Waals surface area (Å²) in [6, 6.07) is 23.6. The molecule has 1 atom stereocenters. The minimum atomic E-state index is -0.461. The Morgan fingerprint density at radius 1 is 0.829 bits per heavy atom. The lowest BCUT2D eigenvalue weighted by atomic mass is 10.2. The van der Waals surface area contributed by atoms with Gasteiger partial charge in [0.2, 0.25) is 11.8 Å². The van der Waals surface area contributed by atoms with Crippen LogP contribution < -0.4 is 20.7 Å². The lowest BCUT2D eigenvalue weighted by Crippen LogP contribution is -2.41. The molecule has 3 N–H and O–H groups in total. The second kappa shape index (κ2) is 12.0. The quantitative estimate of drug-likeness (QED) is 0.431. The summed E-state index contributed by atoms with van der Waals surface area (Å²) >= 11 is 0. The van der Waals surface area contributed by atoms with E-state index in [1.807, 2.05) is 66.7 Å². The first-order valence-electron chi connectivity index (χ1n) is 11.7. The van der Waals surface area contributed by atoms with Gasteiger partial charge in [-0.05, 0) is 67.6 Å². The third kappa shape index (κ3) is 7.56. The molecule has 1 aliphatic rings. The fraction of sp³-hybridized carbons (Fsp3) is 0.259. The van der Waals surface area contributed by atoms with Gasteiger partial charge in [-0.25, -0.2) is 0 Å². The summed E-state index contributed by atoms with van der Waals surface area (Å²) in [6.45, 7) is 4.99. The number of rotatable bonds is 9. The van der Waals surface area contributed by atoms with E-state index in [-0.39, 0.29) is 11.8 Å². The lowest BCUT2D eigenvalue weighted by Gasteiger charge is -2.25. The smallest absolute Gasteiger partial charge is 0.246 e. The Bertz CT molecular complexity index is 1100. The summed E-state index contributed by atoms with van der Waals surface area (Å²) in [6.07, 6.45) is 0. The number of nitrogens with one attached hydrogen (secondary N) is 3. The Labute approximate surface area is 205 Å². The van der Waals surface area contributed by atoms with Gasteiger partial charge in [0.1, 0.15) is 17.5 Å². The maximum atomic E-state index is 12.6. The monoisotopic (exact) mass is 474 g/mol. The van der Waals surface area contributed by atoms with E-state index in [9.17, 15) is 9.59 Å². The van der Waals surface area contributed by atoms with Crippen LogP contribution in [0.2, 0.25) is 0 Å². The summed E-state index contributed by atoms with van der Waals surface area (Å²) < 4.78 is 11.1. The topological polar surface area (TPSA) is 91.9 Å². The summed E-state index contributed by atoms with van der Waals surface area (Å²) in [5.74, 6) is 1.23. The molecule has 1 heterocycles. The van der Waals surface area contributed by atoms with Crippen molar-refractivity contribution in [2.24, 2.45) is 0 Å². The average Bonchev–Trinajstić information content (AvgIpc) is 2.87. The molecule has 3 aromatic carbocycles. The molecule has 0 radical (unpaired) electrons. The Balaban J connectivity index is 1.23. The van der Waals surface area contributed by atoms with E-state index >= 15 is 0 Å². The summed E-state index contributed by atoms with van der Waals surface area (Å²) in [4.78, 5) is 26.9. The predicted octanol–water partition coefficient (Wildman–Crippen LogP) is 4.19. The fourth-order valence-corrected chi connectivity index (χ4v) is 3.61. The van der Waals surface area contributed by atoms with Crippen LogP contribution in [-0.2, 0) is 14.3 Å². The molecule has 8 heteroatoms. The molecule has 1 fully saturated rings. The van der Waals surface area contributed by atoms with E-state index < -0.39 is 6.04 Å². The maximum absolute atomic E-state index is 12.6. The number of carbonyl (C=O) groups is 2. The molecule has 0 aliphatic carbocycles. The highest BCUT2D eigenvalue weighted by atomic mass is 16.5. The number of anilines is 3. The molecule has 35 heavy (non-hydrogen) atoms. The second-order valence-electron chi connectivity index (χ2n) is 8.31. The molecule has 3 aromatic rings. The predicted molar refractivity (Wildman–Crippen MR) is 137 cm³/mol. The fourth-order valence-electron chi connectivity index (χ4n) is 3.61. The number of benzene rings is 3. The average molecular weight is 475 g/mol. The van der Waals surface area contributed by atoms with E-state index in [0.29, 0.717) is 36.9 Å². The number of hydrogen-bond donors (Lipinski definition) is 3. The van der Waals surface area contributed by atoms with E-state index in [0.717, 1.165) is 24.5 Å². The highest BCUT2D eigenvalue weighted by Gasteiger charge is 2.15. The molecule has 0 spiro atoms. The minimum absolute atomic E-state index is 0.0551. The van der Waals surface area contributed by atoms with Crippen LogP contribution >= 0.6 is 0 Å². The molecule has 1 saturated heterocycles. The maximum Gasteiger partial charge on any atom is 0.246 e. The Morgan fingerprint density at radius 3 is 2.09 bits per heavy atom. The molecule has 2 amide bonds.